The van der Waals surface area contributed by atoms with Crippen molar-refractivity contribution in [2.24, 2.45) is 0 Å². The maximum absolute atomic E-state index is 9.55. The largest absolute Gasteiger partial charge is 0.399 e. The highest BCUT2D eigenvalue weighted by molar-refractivity contribution is 8.04. The van der Waals surface area contributed by atoms with Crippen molar-refractivity contribution >= 4 is 46.4 Å². The molecule has 1 heterocycles. The smallest absolute Gasteiger partial charge is 0.143 e. The van der Waals surface area contributed by atoms with Gasteiger partial charge in [0.2, 0.25) is 0 Å². The van der Waals surface area contributed by atoms with E-state index in [0.717, 1.165) is 46.0 Å². The van der Waals surface area contributed by atoms with Crippen LogP contribution >= 0.6 is 23.4 Å². The van der Waals surface area contributed by atoms with Gasteiger partial charge in [0.05, 0.1) is 11.0 Å². The predicted octanol–water partition coefficient (Wildman–Crippen LogP) is 6.45. The lowest BCUT2D eigenvalue weighted by Gasteiger charge is -1.97. The fourth-order valence-electron chi connectivity index (χ4n) is 2.67. The first-order valence-corrected chi connectivity index (χ1v) is 11.5. The zero-order chi connectivity index (χ0) is 23.9. The SMILES string of the molecule is C=CS/C=C\C=O.CNCc1ccc(Cl)cc1.Nc1ccc(-c2nc3ccccc3[nH]2)cc1. The van der Waals surface area contributed by atoms with E-state index < -0.39 is 0 Å². The number of nitrogens with zero attached hydrogens (tertiary/aromatic N) is 1. The molecule has 7 heteroatoms. The molecule has 0 saturated heterocycles. The highest BCUT2D eigenvalue weighted by Crippen LogP contribution is 2.20. The zero-order valence-electron chi connectivity index (χ0n) is 18.4. The van der Waals surface area contributed by atoms with Gasteiger partial charge in [0.25, 0.3) is 0 Å². The van der Waals surface area contributed by atoms with E-state index in [1.807, 2.05) is 79.8 Å². The van der Waals surface area contributed by atoms with E-state index in [0.29, 0.717) is 0 Å². The Morgan fingerprint density at radius 3 is 2.39 bits per heavy atom. The van der Waals surface area contributed by atoms with E-state index in [4.69, 9.17) is 17.3 Å². The van der Waals surface area contributed by atoms with Crippen molar-refractivity contribution < 1.29 is 4.79 Å². The summed E-state index contributed by atoms with van der Waals surface area (Å²) >= 11 is 7.08. The van der Waals surface area contributed by atoms with Crippen molar-refractivity contribution in [3.05, 3.63) is 107 Å². The summed E-state index contributed by atoms with van der Waals surface area (Å²) in [6.07, 6.45) is 2.16. The molecule has 0 saturated carbocycles. The van der Waals surface area contributed by atoms with Crippen LogP contribution in [-0.4, -0.2) is 23.3 Å². The lowest BCUT2D eigenvalue weighted by molar-refractivity contribution is -0.104. The number of nitrogens with two attached hydrogens (primary N) is 1. The van der Waals surface area contributed by atoms with E-state index in [9.17, 15) is 4.79 Å². The number of thioether (sulfide) groups is 1. The standard InChI is InChI=1S/C13H11N3.C8H10ClN.C5H6OS/c14-10-7-5-9(6-8-10)13-15-11-3-1-2-4-12(11)16-13;1-10-6-7-2-4-8(9)5-3-7;1-2-7-5-3-4-6/h1-8H,14H2,(H,15,16);2-5,10H,6H2,1H3;2-5H,1H2/b;;5-3-. The van der Waals surface area contributed by atoms with E-state index >= 15 is 0 Å². The average molecular weight is 479 g/mol. The van der Waals surface area contributed by atoms with Gasteiger partial charge in [0.1, 0.15) is 12.1 Å². The number of hydrogen-bond donors (Lipinski definition) is 3. The van der Waals surface area contributed by atoms with Crippen molar-refractivity contribution in [2.45, 2.75) is 6.54 Å². The number of aldehydes is 1. The predicted molar refractivity (Wildman–Crippen MR) is 143 cm³/mol. The molecule has 170 valence electrons. The number of anilines is 1. The van der Waals surface area contributed by atoms with Crippen LogP contribution in [0, 0.1) is 0 Å². The van der Waals surface area contributed by atoms with Crippen LogP contribution in [0.2, 0.25) is 5.02 Å². The number of aromatic amines is 1. The van der Waals surface area contributed by atoms with E-state index in [1.165, 1.54) is 23.4 Å². The minimum Gasteiger partial charge on any atom is -0.399 e. The molecule has 0 bridgehead atoms. The van der Waals surface area contributed by atoms with Gasteiger partial charge in [-0.15, -0.1) is 11.8 Å². The lowest BCUT2D eigenvalue weighted by Crippen LogP contribution is -2.04. The summed E-state index contributed by atoms with van der Waals surface area (Å²) in [5.41, 5.74) is 10.7. The maximum Gasteiger partial charge on any atom is 0.143 e. The first kappa shape index (κ1) is 25.9. The van der Waals surface area contributed by atoms with E-state index in [-0.39, 0.29) is 0 Å². The molecule has 4 N–H and O–H groups in total. The third-order valence-electron chi connectivity index (χ3n) is 4.20. The molecule has 0 spiro atoms. The van der Waals surface area contributed by atoms with E-state index in [1.54, 1.807) is 10.8 Å². The minimum atomic E-state index is 0.733. The quantitative estimate of drug-likeness (QED) is 0.168. The number of hydrogen-bond acceptors (Lipinski definition) is 5. The Morgan fingerprint density at radius 2 is 1.79 bits per heavy atom. The monoisotopic (exact) mass is 478 g/mol. The molecule has 0 aliphatic heterocycles. The Bertz CT molecular complexity index is 1120. The summed E-state index contributed by atoms with van der Waals surface area (Å²) in [5, 5.41) is 7.17. The van der Waals surface area contributed by atoms with Crippen LogP contribution in [-0.2, 0) is 11.3 Å². The Morgan fingerprint density at radius 1 is 1.09 bits per heavy atom. The van der Waals surface area contributed by atoms with Gasteiger partial charge in [-0.2, -0.15) is 0 Å². The Balaban J connectivity index is 0.000000195. The topological polar surface area (TPSA) is 83.8 Å². The summed E-state index contributed by atoms with van der Waals surface area (Å²) in [7, 11) is 1.93. The number of aromatic nitrogens is 2. The molecule has 0 unspecified atom stereocenters. The highest BCUT2D eigenvalue weighted by Gasteiger charge is 2.03. The van der Waals surface area contributed by atoms with Crippen LogP contribution in [0.1, 0.15) is 5.56 Å². The number of carbonyl (C=O) groups excluding carboxylic acids is 1. The molecule has 0 fully saturated rings. The van der Waals surface area contributed by atoms with Crippen LogP contribution in [0.4, 0.5) is 5.69 Å². The second-order valence-corrected chi connectivity index (χ2v) is 7.96. The number of imidazole rings is 1. The third kappa shape index (κ3) is 9.37. The average Bonchev–Trinajstić information content (AvgIpc) is 3.27. The van der Waals surface area contributed by atoms with Gasteiger partial charge in [-0.3, -0.25) is 4.79 Å². The molecular weight excluding hydrogens is 452 g/mol. The third-order valence-corrected chi connectivity index (χ3v) is 4.96. The van der Waals surface area contributed by atoms with Crippen molar-refractivity contribution in [1.82, 2.24) is 15.3 Å². The summed E-state index contributed by atoms with van der Waals surface area (Å²) in [6.45, 7) is 4.33. The van der Waals surface area contributed by atoms with Crippen molar-refractivity contribution in [3.63, 3.8) is 0 Å². The lowest BCUT2D eigenvalue weighted by atomic mass is 10.2. The fourth-order valence-corrected chi connectivity index (χ4v) is 3.06. The van der Waals surface area contributed by atoms with Crippen molar-refractivity contribution in [1.29, 1.82) is 0 Å². The molecule has 0 amide bonds. The molecule has 5 nitrogen and oxygen atoms in total. The van der Waals surface area contributed by atoms with E-state index in [2.05, 4.69) is 21.9 Å². The molecular formula is C26H27ClN4OS. The van der Waals surface area contributed by atoms with Crippen LogP contribution < -0.4 is 11.1 Å². The van der Waals surface area contributed by atoms with Gasteiger partial charge in [0, 0.05) is 22.8 Å². The van der Waals surface area contributed by atoms with Gasteiger partial charge in [-0.25, -0.2) is 4.98 Å². The van der Waals surface area contributed by atoms with Gasteiger partial charge < -0.3 is 16.0 Å². The summed E-state index contributed by atoms with van der Waals surface area (Å²) < 4.78 is 0. The summed E-state index contributed by atoms with van der Waals surface area (Å²) in [6, 6.07) is 23.5. The Kier molecular flexibility index (Phi) is 11.5. The zero-order valence-corrected chi connectivity index (χ0v) is 19.9. The van der Waals surface area contributed by atoms with Crippen LogP contribution in [0.15, 0.2) is 96.3 Å². The fraction of sp³-hybridized carbons (Fsp3) is 0.0769. The number of halogens is 1. The summed E-state index contributed by atoms with van der Waals surface area (Å²) in [5.74, 6) is 0.876. The molecule has 0 atom stereocenters. The van der Waals surface area contributed by atoms with Crippen molar-refractivity contribution in [2.75, 3.05) is 12.8 Å². The first-order chi connectivity index (χ1) is 16.1. The number of para-hydroxylation sites is 2. The molecule has 4 aromatic rings. The second kappa shape index (κ2) is 14.7. The number of nitrogens with one attached hydrogen (secondary N) is 2. The van der Waals surface area contributed by atoms with Crippen LogP contribution in [0.25, 0.3) is 22.4 Å². The summed E-state index contributed by atoms with van der Waals surface area (Å²) in [4.78, 5) is 17.3. The van der Waals surface area contributed by atoms with Crippen LogP contribution in [0.5, 0.6) is 0 Å². The number of H-pyrrole nitrogens is 1. The molecule has 3 aromatic carbocycles. The molecule has 0 radical (unpaired) electrons. The van der Waals surface area contributed by atoms with Crippen LogP contribution in [0.3, 0.4) is 0 Å². The van der Waals surface area contributed by atoms with Gasteiger partial charge in [-0.1, -0.05) is 42.4 Å². The number of benzene rings is 3. The van der Waals surface area contributed by atoms with Gasteiger partial charge in [-0.05, 0) is 78.0 Å². The molecule has 33 heavy (non-hydrogen) atoms. The van der Waals surface area contributed by atoms with Crippen molar-refractivity contribution in [3.8, 4) is 11.4 Å². The normalized spacial score (nSPS) is 10.1. The number of fused-ring (bicyclic) bond motifs is 1. The Labute approximate surface area is 203 Å². The number of rotatable bonds is 6. The maximum atomic E-state index is 9.55. The highest BCUT2D eigenvalue weighted by atomic mass is 35.5. The second-order valence-electron chi connectivity index (χ2n) is 6.65. The number of allylic oxidation sites excluding steroid dienone is 1. The number of carbonyl (C=O) groups is 1. The molecule has 1 aromatic heterocycles. The van der Waals surface area contributed by atoms with Gasteiger partial charge >= 0.3 is 0 Å². The van der Waals surface area contributed by atoms with Gasteiger partial charge in [0.15, 0.2) is 0 Å². The molecule has 4 rings (SSSR count). The minimum absolute atomic E-state index is 0.733. The molecule has 0 aliphatic rings. The first-order valence-electron chi connectivity index (χ1n) is 10.1. The Hall–Kier alpha value is -3.32. The number of nitrogen functional groups attached to an aromatic ring is 1. The molecule has 0 aliphatic carbocycles.